The fourth-order valence-electron chi connectivity index (χ4n) is 4.32. The number of nitrogens with zero attached hydrogens (tertiary/aromatic N) is 5. The Morgan fingerprint density at radius 2 is 2.00 bits per heavy atom. The second kappa shape index (κ2) is 9.28. The van der Waals surface area contributed by atoms with Gasteiger partial charge in [-0.15, -0.1) is 0 Å². The monoisotopic (exact) mass is 446 g/mol. The number of fused-ring (bicyclic) bond motifs is 1. The quantitative estimate of drug-likeness (QED) is 0.579. The zero-order chi connectivity index (χ0) is 23.5. The molecule has 1 fully saturated rings. The molecule has 4 rings (SSSR count). The summed E-state index contributed by atoms with van der Waals surface area (Å²) in [5.74, 6) is -0.602. The third-order valence-electron chi connectivity index (χ3n) is 6.07. The largest absolute Gasteiger partial charge is 0.465 e. The van der Waals surface area contributed by atoms with Crippen LogP contribution >= 0.6 is 0 Å². The molecule has 1 aliphatic heterocycles. The third kappa shape index (κ3) is 4.37. The number of nitriles is 1. The van der Waals surface area contributed by atoms with Crippen LogP contribution in [0.1, 0.15) is 52.1 Å². The van der Waals surface area contributed by atoms with E-state index in [0.29, 0.717) is 28.9 Å². The second-order valence-electron chi connectivity index (χ2n) is 8.13. The number of aromatic nitrogens is 3. The molecule has 0 atom stereocenters. The average molecular weight is 447 g/mol. The van der Waals surface area contributed by atoms with Gasteiger partial charge in [-0.2, -0.15) is 10.4 Å². The van der Waals surface area contributed by atoms with E-state index in [1.807, 2.05) is 19.9 Å². The number of nitrogens with one attached hydrogen (secondary N) is 1. The average Bonchev–Trinajstić information content (AvgIpc) is 3.48. The molecule has 1 aliphatic rings. The lowest BCUT2D eigenvalue weighted by atomic mass is 10.1. The Kier molecular flexibility index (Phi) is 6.27. The predicted molar refractivity (Wildman–Crippen MR) is 123 cm³/mol. The number of benzene rings is 1. The summed E-state index contributed by atoms with van der Waals surface area (Å²) >= 11 is 0. The molecule has 1 amide bonds. The van der Waals surface area contributed by atoms with E-state index < -0.39 is 5.97 Å². The first kappa shape index (κ1) is 22.3. The van der Waals surface area contributed by atoms with E-state index >= 15 is 0 Å². The van der Waals surface area contributed by atoms with Gasteiger partial charge in [0.05, 0.1) is 30.2 Å². The van der Waals surface area contributed by atoms with Crippen LogP contribution in [0.4, 0.5) is 11.4 Å². The molecule has 9 nitrogen and oxygen atoms in total. The van der Waals surface area contributed by atoms with Crippen molar-refractivity contribution < 1.29 is 14.3 Å². The molecule has 3 heterocycles. The molecule has 9 heteroatoms. The van der Waals surface area contributed by atoms with Crippen LogP contribution in [-0.2, 0) is 16.0 Å². The fourth-order valence-corrected chi connectivity index (χ4v) is 4.32. The van der Waals surface area contributed by atoms with E-state index in [0.717, 1.165) is 48.6 Å². The van der Waals surface area contributed by atoms with Gasteiger partial charge in [0, 0.05) is 30.9 Å². The Bertz CT molecular complexity index is 1270. The van der Waals surface area contributed by atoms with Gasteiger partial charge in [0.2, 0.25) is 5.91 Å². The minimum absolute atomic E-state index is 0.158. The lowest BCUT2D eigenvalue weighted by Gasteiger charge is -2.22. The molecule has 170 valence electrons. The second-order valence-corrected chi connectivity index (χ2v) is 8.13. The molecule has 1 saturated heterocycles. The van der Waals surface area contributed by atoms with E-state index in [1.54, 1.807) is 16.6 Å². The maximum Gasteiger partial charge on any atom is 0.337 e. The number of amides is 1. The number of carbonyl (C=O) groups excluding carboxylic acids is 2. The lowest BCUT2D eigenvalue weighted by molar-refractivity contribution is -0.116. The van der Waals surface area contributed by atoms with Crippen LogP contribution in [0, 0.1) is 25.2 Å². The van der Waals surface area contributed by atoms with E-state index in [2.05, 4.69) is 26.4 Å². The number of rotatable bonds is 6. The summed E-state index contributed by atoms with van der Waals surface area (Å²) in [6.45, 7) is 5.62. The molecule has 1 aromatic carbocycles. The van der Waals surface area contributed by atoms with Gasteiger partial charge >= 0.3 is 5.97 Å². The van der Waals surface area contributed by atoms with Gasteiger partial charge in [0.25, 0.3) is 0 Å². The van der Waals surface area contributed by atoms with Gasteiger partial charge in [-0.3, -0.25) is 4.79 Å². The van der Waals surface area contributed by atoms with Crippen LogP contribution in [0.25, 0.3) is 5.65 Å². The van der Waals surface area contributed by atoms with Crippen molar-refractivity contribution in [2.24, 2.45) is 0 Å². The highest BCUT2D eigenvalue weighted by Crippen LogP contribution is 2.30. The lowest BCUT2D eigenvalue weighted by Crippen LogP contribution is -2.22. The van der Waals surface area contributed by atoms with Gasteiger partial charge in [-0.25, -0.2) is 14.3 Å². The summed E-state index contributed by atoms with van der Waals surface area (Å²) in [6, 6.07) is 7.36. The number of hydrogen-bond acceptors (Lipinski definition) is 7. The van der Waals surface area contributed by atoms with Crippen molar-refractivity contribution in [3.8, 4) is 6.07 Å². The van der Waals surface area contributed by atoms with Crippen molar-refractivity contribution in [2.45, 2.75) is 39.5 Å². The molecule has 0 unspecified atom stereocenters. The summed E-state index contributed by atoms with van der Waals surface area (Å²) in [5, 5.41) is 16.5. The molecule has 1 N–H and O–H groups in total. The molecule has 0 aliphatic carbocycles. The topological polar surface area (TPSA) is 113 Å². The van der Waals surface area contributed by atoms with Crippen molar-refractivity contribution in [3.63, 3.8) is 0 Å². The van der Waals surface area contributed by atoms with Gasteiger partial charge in [-0.05, 0) is 56.9 Å². The molecule has 3 aromatic rings. The number of anilines is 2. The number of esters is 1. The van der Waals surface area contributed by atoms with Gasteiger partial charge in [0.1, 0.15) is 11.6 Å². The van der Waals surface area contributed by atoms with Crippen LogP contribution in [0.15, 0.2) is 24.4 Å². The van der Waals surface area contributed by atoms with Crippen LogP contribution < -0.4 is 10.2 Å². The van der Waals surface area contributed by atoms with E-state index in [4.69, 9.17) is 4.74 Å². The highest BCUT2D eigenvalue weighted by atomic mass is 16.5. The molecule has 33 heavy (non-hydrogen) atoms. The number of aryl methyl sites for hydroxylation is 2. The van der Waals surface area contributed by atoms with E-state index in [9.17, 15) is 14.9 Å². The smallest absolute Gasteiger partial charge is 0.337 e. The van der Waals surface area contributed by atoms with Gasteiger partial charge in [-0.1, -0.05) is 0 Å². The number of hydrogen-bond donors (Lipinski definition) is 1. The van der Waals surface area contributed by atoms with Crippen LogP contribution in [0.2, 0.25) is 0 Å². The van der Waals surface area contributed by atoms with Crippen molar-refractivity contribution in [2.75, 3.05) is 30.4 Å². The van der Waals surface area contributed by atoms with Crippen molar-refractivity contribution in [1.82, 2.24) is 14.6 Å². The number of ether oxygens (including phenoxy) is 1. The van der Waals surface area contributed by atoms with Crippen LogP contribution in [0.5, 0.6) is 0 Å². The minimum Gasteiger partial charge on any atom is -0.465 e. The number of carbonyl (C=O) groups is 2. The van der Waals surface area contributed by atoms with E-state index in [-0.39, 0.29) is 12.3 Å². The highest BCUT2D eigenvalue weighted by Gasteiger charge is 2.20. The first-order valence-electron chi connectivity index (χ1n) is 10.9. The zero-order valence-electron chi connectivity index (χ0n) is 19.0. The molecule has 0 radical (unpaired) electrons. The SMILES string of the molecule is COC(=O)c1ccc(N2CCCC2)c(NC(=O)CCc2c(C)nc3c(C#N)cnn3c2C)c1. The van der Waals surface area contributed by atoms with Crippen molar-refractivity contribution >= 4 is 28.9 Å². The molecule has 2 aromatic heterocycles. The summed E-state index contributed by atoms with van der Waals surface area (Å²) in [4.78, 5) is 31.7. The maximum absolute atomic E-state index is 12.9. The standard InChI is InChI=1S/C24H26N6O3/c1-15-19(16(2)30-23(27-15)18(13-25)14-26-30)7-9-22(31)28-20-12-17(24(32)33-3)6-8-21(20)29-10-4-5-11-29/h6,8,12,14H,4-5,7,9-11H2,1-3H3,(H,28,31). The van der Waals surface area contributed by atoms with Gasteiger partial charge < -0.3 is 15.0 Å². The molecular formula is C24H26N6O3. The zero-order valence-corrected chi connectivity index (χ0v) is 19.0. The summed E-state index contributed by atoms with van der Waals surface area (Å²) in [5.41, 5.74) is 5.41. The van der Waals surface area contributed by atoms with Crippen LogP contribution in [-0.4, -0.2) is 46.7 Å². The van der Waals surface area contributed by atoms with Gasteiger partial charge in [0.15, 0.2) is 5.65 Å². The summed E-state index contributed by atoms with van der Waals surface area (Å²) < 4.78 is 6.48. The Balaban J connectivity index is 1.54. The highest BCUT2D eigenvalue weighted by molar-refractivity contribution is 5.98. The Morgan fingerprint density at radius 1 is 1.24 bits per heavy atom. The van der Waals surface area contributed by atoms with Crippen LogP contribution in [0.3, 0.4) is 0 Å². The van der Waals surface area contributed by atoms with E-state index in [1.165, 1.54) is 13.3 Å². The third-order valence-corrected chi connectivity index (χ3v) is 6.07. The molecule has 0 spiro atoms. The first-order chi connectivity index (χ1) is 15.9. The van der Waals surface area contributed by atoms with Crippen molar-refractivity contribution in [1.29, 1.82) is 5.26 Å². The van der Waals surface area contributed by atoms with Crippen molar-refractivity contribution in [3.05, 3.63) is 52.5 Å². The molecule has 0 bridgehead atoms. The Morgan fingerprint density at radius 3 is 2.70 bits per heavy atom. The fraction of sp³-hybridized carbons (Fsp3) is 0.375. The Labute approximate surface area is 192 Å². The molecule has 0 saturated carbocycles. The number of methoxy groups -OCH3 is 1. The predicted octanol–water partition coefficient (Wildman–Crippen LogP) is 3.18. The first-order valence-corrected chi connectivity index (χ1v) is 10.9. The summed E-state index contributed by atoms with van der Waals surface area (Å²) in [6.07, 6.45) is 4.41. The maximum atomic E-state index is 12.9. The Hall–Kier alpha value is -3.93. The summed E-state index contributed by atoms with van der Waals surface area (Å²) in [7, 11) is 1.34. The molecular weight excluding hydrogens is 420 g/mol. The normalized spacial score (nSPS) is 13.2. The minimum atomic E-state index is -0.444.